The van der Waals surface area contributed by atoms with Gasteiger partial charge in [-0.3, -0.25) is 9.59 Å². The largest absolute Gasteiger partial charge is 0.478 e. The second-order valence-corrected chi connectivity index (χ2v) is 14.0. The highest BCUT2D eigenvalue weighted by Gasteiger charge is 2.30. The minimum absolute atomic E-state index is 0.0620. The Kier molecular flexibility index (Phi) is 12.7. The Morgan fingerprint density at radius 3 is 0.933 bits per heavy atom. The van der Waals surface area contributed by atoms with Gasteiger partial charge in [-0.1, -0.05) is 121 Å². The van der Waals surface area contributed by atoms with Crippen LogP contribution in [0.3, 0.4) is 0 Å². The van der Waals surface area contributed by atoms with Crippen LogP contribution in [0, 0.1) is 0 Å². The number of ether oxygens (including phenoxy) is 2. The van der Waals surface area contributed by atoms with Crippen LogP contribution in [-0.2, 0) is 26.2 Å². The number of carbonyl (C=O) groups is 4. The van der Waals surface area contributed by atoms with Gasteiger partial charge in [0.15, 0.2) is 0 Å². The molecule has 298 valence electrons. The third-order valence-electron chi connectivity index (χ3n) is 9.64. The number of para-hydroxylation sites is 2. The van der Waals surface area contributed by atoms with E-state index >= 15 is 0 Å². The van der Waals surface area contributed by atoms with Crippen LogP contribution < -0.4 is 9.47 Å². The van der Waals surface area contributed by atoms with Gasteiger partial charge in [0.25, 0.3) is 11.8 Å². The van der Waals surface area contributed by atoms with Crippen LogP contribution in [0.1, 0.15) is 63.7 Å². The van der Waals surface area contributed by atoms with Crippen molar-refractivity contribution in [3.8, 4) is 23.0 Å². The topological polar surface area (TPSA) is 134 Å². The quantitative estimate of drug-likeness (QED) is 0.0987. The van der Waals surface area contributed by atoms with E-state index in [1.54, 1.807) is 24.3 Å². The zero-order valence-electron chi connectivity index (χ0n) is 32.4. The Morgan fingerprint density at radius 2 is 0.617 bits per heavy atom. The normalized spacial score (nSPS) is 10.7. The maximum absolute atomic E-state index is 14.7. The van der Waals surface area contributed by atoms with Crippen LogP contribution in [0.15, 0.2) is 182 Å². The van der Waals surface area contributed by atoms with E-state index in [-0.39, 0.29) is 37.3 Å². The molecule has 2 N–H and O–H groups in total. The molecule has 7 aromatic carbocycles. The zero-order valence-corrected chi connectivity index (χ0v) is 32.4. The number of aromatic carboxylic acids is 2. The summed E-state index contributed by atoms with van der Waals surface area (Å²) in [4.78, 5) is 57.9. The lowest BCUT2D eigenvalue weighted by Crippen LogP contribution is -2.34. The molecule has 7 rings (SSSR count). The molecule has 0 bridgehead atoms. The van der Waals surface area contributed by atoms with E-state index in [0.29, 0.717) is 23.0 Å². The van der Waals surface area contributed by atoms with Gasteiger partial charge in [0.1, 0.15) is 23.0 Å². The van der Waals surface area contributed by atoms with Crippen molar-refractivity contribution in [2.75, 3.05) is 0 Å². The van der Waals surface area contributed by atoms with Crippen molar-refractivity contribution < 1.29 is 38.9 Å². The molecule has 7 aromatic rings. The first kappa shape index (κ1) is 40.2. The summed E-state index contributed by atoms with van der Waals surface area (Å²) in [5, 5.41) is 20.8. The van der Waals surface area contributed by atoms with E-state index in [4.69, 9.17) is 9.47 Å². The first-order valence-corrected chi connectivity index (χ1v) is 19.1. The summed E-state index contributed by atoms with van der Waals surface area (Å²) in [5.74, 6) is -1.93. The Balaban J connectivity index is 1.23. The maximum Gasteiger partial charge on any atom is 0.336 e. The molecule has 0 unspecified atom stereocenters. The van der Waals surface area contributed by atoms with Gasteiger partial charge in [0, 0.05) is 26.2 Å². The van der Waals surface area contributed by atoms with Gasteiger partial charge in [-0.2, -0.15) is 0 Å². The van der Waals surface area contributed by atoms with E-state index < -0.39 is 34.9 Å². The molecule has 0 aliphatic carbocycles. The SMILES string of the molecule is O=C(O)c1cc(C(=O)O)c(C(=O)N(Cc2ccccc2)Cc2ccc(Oc3ccccc3)cc2)cc1C(=O)N(Cc1ccccc1)Cc1ccc(Oc2ccccc2)cc1. The summed E-state index contributed by atoms with van der Waals surface area (Å²) in [5.41, 5.74) is 1.28. The summed E-state index contributed by atoms with van der Waals surface area (Å²) in [7, 11) is 0. The smallest absolute Gasteiger partial charge is 0.336 e. The van der Waals surface area contributed by atoms with Crippen LogP contribution >= 0.6 is 0 Å². The average Bonchev–Trinajstić information content (AvgIpc) is 3.27. The molecule has 2 amide bonds. The fourth-order valence-corrected chi connectivity index (χ4v) is 6.67. The van der Waals surface area contributed by atoms with Crippen LogP contribution in [0.5, 0.6) is 23.0 Å². The van der Waals surface area contributed by atoms with E-state index in [2.05, 4.69) is 0 Å². The Hall–Kier alpha value is -7.98. The predicted molar refractivity (Wildman–Crippen MR) is 226 cm³/mol. The monoisotopic (exact) mass is 796 g/mol. The van der Waals surface area contributed by atoms with Gasteiger partial charge in [-0.05, 0) is 82.9 Å². The summed E-state index contributed by atoms with van der Waals surface area (Å²) < 4.78 is 11.9. The number of hydrogen-bond acceptors (Lipinski definition) is 6. The Morgan fingerprint density at radius 1 is 0.350 bits per heavy atom. The summed E-state index contributed by atoms with van der Waals surface area (Å²) >= 11 is 0. The van der Waals surface area contributed by atoms with Crippen LogP contribution in [-0.4, -0.2) is 43.8 Å². The maximum atomic E-state index is 14.7. The fraction of sp³-hybridized carbons (Fsp3) is 0.0800. The van der Waals surface area contributed by atoms with Gasteiger partial charge in [-0.25, -0.2) is 9.59 Å². The Labute approximate surface area is 347 Å². The molecule has 0 heterocycles. The molecule has 10 nitrogen and oxygen atoms in total. The third kappa shape index (κ3) is 10.3. The van der Waals surface area contributed by atoms with Crippen molar-refractivity contribution in [3.63, 3.8) is 0 Å². The number of rotatable bonds is 16. The predicted octanol–water partition coefficient (Wildman–Crippen LogP) is 10.4. The van der Waals surface area contributed by atoms with Crippen LogP contribution in [0.25, 0.3) is 0 Å². The number of hydrogen-bond donors (Lipinski definition) is 2. The Bertz CT molecular complexity index is 2390. The lowest BCUT2D eigenvalue weighted by Gasteiger charge is -2.26. The standard InChI is InChI=1S/C50H40N2O8/c53-47(51(31-35-13-5-1-6-14-35)33-37-21-25-41(26-22-37)59-39-17-9-3-10-18-39)43-29-44(46(50(57)58)30-45(43)49(55)56)48(54)52(32-36-15-7-2-8-16-36)34-38-23-27-42(28-24-38)60-40-19-11-4-12-20-40/h1-30H,31-34H2,(H,55,56)(H,57,58). The van der Waals surface area contributed by atoms with E-state index in [0.717, 1.165) is 34.4 Å². The highest BCUT2D eigenvalue weighted by Crippen LogP contribution is 2.27. The van der Waals surface area contributed by atoms with Gasteiger partial charge in [0.05, 0.1) is 22.3 Å². The highest BCUT2D eigenvalue weighted by atomic mass is 16.5. The molecule has 0 aliphatic heterocycles. The van der Waals surface area contributed by atoms with Gasteiger partial charge in [0.2, 0.25) is 0 Å². The number of nitrogens with zero attached hydrogens (tertiary/aromatic N) is 2. The average molecular weight is 797 g/mol. The molecule has 0 radical (unpaired) electrons. The molecule has 0 atom stereocenters. The minimum Gasteiger partial charge on any atom is -0.478 e. The van der Waals surface area contributed by atoms with E-state index in [1.807, 2.05) is 146 Å². The fourth-order valence-electron chi connectivity index (χ4n) is 6.67. The number of carboxylic acids is 2. The van der Waals surface area contributed by atoms with Crippen molar-refractivity contribution in [2.24, 2.45) is 0 Å². The van der Waals surface area contributed by atoms with Gasteiger partial charge in [-0.15, -0.1) is 0 Å². The van der Waals surface area contributed by atoms with Crippen molar-refractivity contribution in [1.29, 1.82) is 0 Å². The molecular weight excluding hydrogens is 757 g/mol. The number of carbonyl (C=O) groups excluding carboxylic acids is 2. The molecule has 0 saturated carbocycles. The molecule has 0 fully saturated rings. The highest BCUT2D eigenvalue weighted by molar-refractivity contribution is 6.11. The summed E-state index contributed by atoms with van der Waals surface area (Å²) in [6.07, 6.45) is 0. The van der Waals surface area contributed by atoms with Gasteiger partial charge < -0.3 is 29.5 Å². The number of amides is 2. The van der Waals surface area contributed by atoms with Crippen LogP contribution in [0.2, 0.25) is 0 Å². The zero-order chi connectivity index (χ0) is 41.8. The van der Waals surface area contributed by atoms with Crippen molar-refractivity contribution in [2.45, 2.75) is 26.2 Å². The third-order valence-corrected chi connectivity index (χ3v) is 9.64. The molecule has 10 heteroatoms. The molecule has 0 aliphatic rings. The molecule has 60 heavy (non-hydrogen) atoms. The molecule has 0 saturated heterocycles. The van der Waals surface area contributed by atoms with Crippen molar-refractivity contribution in [1.82, 2.24) is 9.80 Å². The van der Waals surface area contributed by atoms with E-state index in [9.17, 15) is 29.4 Å². The first-order valence-electron chi connectivity index (χ1n) is 19.1. The summed E-state index contributed by atoms with van der Waals surface area (Å²) in [6, 6.07) is 53.4. The van der Waals surface area contributed by atoms with E-state index in [1.165, 1.54) is 9.80 Å². The lowest BCUT2D eigenvalue weighted by molar-refractivity contribution is 0.0655. The van der Waals surface area contributed by atoms with Gasteiger partial charge >= 0.3 is 11.9 Å². The summed E-state index contributed by atoms with van der Waals surface area (Å²) in [6.45, 7) is 0.309. The van der Waals surface area contributed by atoms with Crippen molar-refractivity contribution in [3.05, 3.63) is 226 Å². The molecule has 0 spiro atoms. The minimum atomic E-state index is -1.51. The molecule has 0 aromatic heterocycles. The van der Waals surface area contributed by atoms with Crippen LogP contribution in [0.4, 0.5) is 0 Å². The number of benzene rings is 7. The lowest BCUT2D eigenvalue weighted by atomic mass is 9.95. The second kappa shape index (κ2) is 19.0. The number of carboxylic acid groups (broad SMARTS) is 2. The molecular formula is C50H40N2O8. The first-order chi connectivity index (χ1) is 29.2. The van der Waals surface area contributed by atoms with Crippen molar-refractivity contribution >= 4 is 23.8 Å². The second-order valence-electron chi connectivity index (χ2n) is 14.0.